The maximum atomic E-state index is 5.65. The minimum atomic E-state index is 0.108. The Labute approximate surface area is 95.0 Å². The van der Waals surface area contributed by atoms with Crippen LogP contribution in [0.25, 0.3) is 0 Å². The monoisotopic (exact) mass is 213 g/mol. The van der Waals surface area contributed by atoms with Gasteiger partial charge >= 0.3 is 0 Å². The molecule has 2 atom stereocenters. The first-order valence-corrected chi connectivity index (χ1v) is 6.31. The third-order valence-electron chi connectivity index (χ3n) is 4.03. The average Bonchev–Trinajstić information content (AvgIpc) is 2.38. The number of likely N-dealkylation sites (tertiary alicyclic amines) is 1. The maximum Gasteiger partial charge on any atom is 0.0663 e. The quantitative estimate of drug-likeness (QED) is 0.714. The van der Waals surface area contributed by atoms with Gasteiger partial charge in [0.25, 0.3) is 0 Å². The molecule has 0 saturated carbocycles. The number of ether oxygens (including phenoxy) is 1. The van der Waals surface area contributed by atoms with Crippen LogP contribution in [0.5, 0.6) is 0 Å². The maximum absolute atomic E-state index is 5.65. The lowest BCUT2D eigenvalue weighted by atomic mass is 9.92. The summed E-state index contributed by atoms with van der Waals surface area (Å²) < 4.78 is 5.65. The first-order chi connectivity index (χ1) is 7.02. The lowest BCUT2D eigenvalue weighted by Gasteiger charge is -2.31. The fourth-order valence-corrected chi connectivity index (χ4v) is 2.66. The van der Waals surface area contributed by atoms with Crippen molar-refractivity contribution in [2.75, 3.05) is 20.2 Å². The summed E-state index contributed by atoms with van der Waals surface area (Å²) in [6.45, 7) is 11.5. The van der Waals surface area contributed by atoms with Crippen LogP contribution in [-0.2, 0) is 4.74 Å². The zero-order valence-corrected chi connectivity index (χ0v) is 11.0. The van der Waals surface area contributed by atoms with E-state index in [1.165, 1.54) is 32.4 Å². The van der Waals surface area contributed by atoms with Crippen LogP contribution in [0, 0.1) is 5.92 Å². The molecular formula is C13H27NO. The van der Waals surface area contributed by atoms with Crippen molar-refractivity contribution in [3.63, 3.8) is 0 Å². The third-order valence-corrected chi connectivity index (χ3v) is 4.03. The van der Waals surface area contributed by atoms with Crippen LogP contribution >= 0.6 is 0 Å². The van der Waals surface area contributed by atoms with Gasteiger partial charge in [0.15, 0.2) is 0 Å². The second-order valence-corrected chi connectivity index (χ2v) is 5.38. The van der Waals surface area contributed by atoms with Crippen molar-refractivity contribution in [1.82, 2.24) is 4.90 Å². The Kier molecular flexibility index (Phi) is 4.60. The van der Waals surface area contributed by atoms with E-state index in [-0.39, 0.29) is 5.60 Å². The summed E-state index contributed by atoms with van der Waals surface area (Å²) in [7, 11) is 1.85. The third kappa shape index (κ3) is 3.18. The van der Waals surface area contributed by atoms with Gasteiger partial charge in [0.05, 0.1) is 5.60 Å². The SMILES string of the molecule is CCN1CCC(C)(OC)CCC1C(C)C. The van der Waals surface area contributed by atoms with Crippen molar-refractivity contribution in [2.45, 2.75) is 58.6 Å². The van der Waals surface area contributed by atoms with Gasteiger partial charge in [0, 0.05) is 19.7 Å². The van der Waals surface area contributed by atoms with Crippen molar-refractivity contribution in [3.8, 4) is 0 Å². The first-order valence-electron chi connectivity index (χ1n) is 6.31. The molecule has 0 radical (unpaired) electrons. The molecule has 1 heterocycles. The summed E-state index contributed by atoms with van der Waals surface area (Å²) in [6.07, 6.45) is 3.64. The highest BCUT2D eigenvalue weighted by Crippen LogP contribution is 2.30. The van der Waals surface area contributed by atoms with Crippen molar-refractivity contribution in [3.05, 3.63) is 0 Å². The molecule has 90 valence electrons. The average molecular weight is 213 g/mol. The van der Waals surface area contributed by atoms with Crippen LogP contribution < -0.4 is 0 Å². The molecule has 2 nitrogen and oxygen atoms in total. The van der Waals surface area contributed by atoms with Gasteiger partial charge < -0.3 is 9.64 Å². The number of rotatable bonds is 3. The molecule has 0 aromatic rings. The molecule has 1 saturated heterocycles. The molecule has 0 amide bonds. The molecule has 1 fully saturated rings. The Balaban J connectivity index is 2.68. The van der Waals surface area contributed by atoms with E-state index in [9.17, 15) is 0 Å². The number of methoxy groups -OCH3 is 1. The van der Waals surface area contributed by atoms with E-state index < -0.39 is 0 Å². The first kappa shape index (κ1) is 13.0. The molecule has 2 unspecified atom stereocenters. The lowest BCUT2D eigenvalue weighted by molar-refractivity contribution is -0.00566. The highest BCUT2D eigenvalue weighted by molar-refractivity contribution is 4.86. The van der Waals surface area contributed by atoms with Gasteiger partial charge in [0.2, 0.25) is 0 Å². The molecule has 0 N–H and O–H groups in total. The van der Waals surface area contributed by atoms with E-state index in [2.05, 4.69) is 32.6 Å². The molecule has 1 aliphatic heterocycles. The van der Waals surface area contributed by atoms with Crippen LogP contribution in [0.15, 0.2) is 0 Å². The van der Waals surface area contributed by atoms with Crippen molar-refractivity contribution >= 4 is 0 Å². The molecule has 0 bridgehead atoms. The Morgan fingerprint density at radius 1 is 1.40 bits per heavy atom. The van der Waals surface area contributed by atoms with Crippen LogP contribution in [0.1, 0.15) is 47.0 Å². The summed E-state index contributed by atoms with van der Waals surface area (Å²) in [5.41, 5.74) is 0.108. The lowest BCUT2D eigenvalue weighted by Crippen LogP contribution is -2.38. The van der Waals surface area contributed by atoms with Gasteiger partial charge in [-0.15, -0.1) is 0 Å². The van der Waals surface area contributed by atoms with Gasteiger partial charge in [-0.05, 0) is 38.6 Å². The molecule has 1 rings (SSSR count). The second-order valence-electron chi connectivity index (χ2n) is 5.38. The Morgan fingerprint density at radius 2 is 2.07 bits per heavy atom. The van der Waals surface area contributed by atoms with Crippen LogP contribution in [0.4, 0.5) is 0 Å². The minimum absolute atomic E-state index is 0.108. The number of nitrogens with zero attached hydrogens (tertiary/aromatic N) is 1. The van der Waals surface area contributed by atoms with Crippen LogP contribution in [0.3, 0.4) is 0 Å². The highest BCUT2D eigenvalue weighted by Gasteiger charge is 2.32. The van der Waals surface area contributed by atoms with Gasteiger partial charge in [-0.1, -0.05) is 20.8 Å². The fourth-order valence-electron chi connectivity index (χ4n) is 2.66. The normalized spacial score (nSPS) is 34.4. The highest BCUT2D eigenvalue weighted by atomic mass is 16.5. The fraction of sp³-hybridized carbons (Fsp3) is 1.00. The van der Waals surface area contributed by atoms with E-state index in [1.54, 1.807) is 0 Å². The summed E-state index contributed by atoms with van der Waals surface area (Å²) in [5.74, 6) is 0.754. The van der Waals surface area contributed by atoms with Crippen molar-refractivity contribution < 1.29 is 4.74 Å². The Morgan fingerprint density at radius 3 is 2.53 bits per heavy atom. The summed E-state index contributed by atoms with van der Waals surface area (Å²) in [5, 5.41) is 0. The summed E-state index contributed by atoms with van der Waals surface area (Å²) in [6, 6.07) is 0.743. The van der Waals surface area contributed by atoms with Crippen molar-refractivity contribution in [2.24, 2.45) is 5.92 Å². The molecule has 0 aliphatic carbocycles. The van der Waals surface area contributed by atoms with Crippen LogP contribution in [0.2, 0.25) is 0 Å². The molecule has 2 heteroatoms. The molecule has 0 spiro atoms. The molecular weight excluding hydrogens is 186 g/mol. The molecule has 1 aliphatic rings. The smallest absolute Gasteiger partial charge is 0.0663 e. The molecule has 15 heavy (non-hydrogen) atoms. The van der Waals surface area contributed by atoms with Gasteiger partial charge in [0.1, 0.15) is 0 Å². The molecule has 0 aromatic heterocycles. The molecule has 0 aromatic carbocycles. The Hall–Kier alpha value is -0.0800. The zero-order chi connectivity index (χ0) is 11.5. The standard InChI is InChI=1S/C13H27NO/c1-6-14-10-9-13(4,15-5)8-7-12(14)11(2)3/h11-12H,6-10H2,1-5H3. The summed E-state index contributed by atoms with van der Waals surface area (Å²) in [4.78, 5) is 2.62. The van der Waals surface area contributed by atoms with Crippen molar-refractivity contribution in [1.29, 1.82) is 0 Å². The van der Waals surface area contributed by atoms with E-state index in [1.807, 2.05) is 7.11 Å². The van der Waals surface area contributed by atoms with Gasteiger partial charge in [-0.25, -0.2) is 0 Å². The topological polar surface area (TPSA) is 12.5 Å². The summed E-state index contributed by atoms with van der Waals surface area (Å²) >= 11 is 0. The van der Waals surface area contributed by atoms with E-state index in [4.69, 9.17) is 4.74 Å². The predicted molar refractivity (Wildman–Crippen MR) is 65.1 cm³/mol. The van der Waals surface area contributed by atoms with Gasteiger partial charge in [-0.2, -0.15) is 0 Å². The van der Waals surface area contributed by atoms with E-state index in [0.29, 0.717) is 0 Å². The number of hydrogen-bond acceptors (Lipinski definition) is 2. The zero-order valence-electron chi connectivity index (χ0n) is 11.0. The minimum Gasteiger partial charge on any atom is -0.378 e. The Bertz CT molecular complexity index is 193. The van der Waals surface area contributed by atoms with Crippen LogP contribution in [-0.4, -0.2) is 36.7 Å². The van der Waals surface area contributed by atoms with Gasteiger partial charge in [-0.3, -0.25) is 0 Å². The number of hydrogen-bond donors (Lipinski definition) is 0. The van der Waals surface area contributed by atoms with E-state index in [0.717, 1.165) is 12.0 Å². The predicted octanol–water partition coefficient (Wildman–Crippen LogP) is 2.92. The van der Waals surface area contributed by atoms with E-state index >= 15 is 0 Å². The largest absolute Gasteiger partial charge is 0.378 e. The second kappa shape index (κ2) is 5.31.